The van der Waals surface area contributed by atoms with Crippen molar-refractivity contribution in [3.8, 4) is 5.69 Å². The third kappa shape index (κ3) is 2.18. The standard InChI is InChI=1S/C18H19BrFN3S/c19-14-6-13(20)1-2-15(14)23-16(21-22-17(23)24)18-7-10-3-11(8-18)5-12(4-10)9-18/h1-2,6,10-12H,3-5,7-9H2,(H,22,24). The zero-order valence-corrected chi connectivity index (χ0v) is 15.7. The Morgan fingerprint density at radius 2 is 1.79 bits per heavy atom. The number of aromatic nitrogens is 3. The number of nitrogens with zero attached hydrogens (tertiary/aromatic N) is 2. The number of halogens is 2. The molecule has 0 aliphatic heterocycles. The highest BCUT2D eigenvalue weighted by molar-refractivity contribution is 9.10. The van der Waals surface area contributed by atoms with Crippen LogP contribution in [-0.4, -0.2) is 14.8 Å². The number of H-pyrrole nitrogens is 1. The maximum absolute atomic E-state index is 13.5. The molecule has 4 saturated carbocycles. The molecule has 126 valence electrons. The van der Waals surface area contributed by atoms with Crippen LogP contribution in [0.1, 0.15) is 44.3 Å². The monoisotopic (exact) mass is 407 g/mol. The molecule has 6 heteroatoms. The van der Waals surface area contributed by atoms with Crippen LogP contribution >= 0.6 is 28.1 Å². The van der Waals surface area contributed by atoms with E-state index >= 15 is 0 Å². The zero-order chi connectivity index (χ0) is 16.5. The average Bonchev–Trinajstić information content (AvgIpc) is 2.88. The van der Waals surface area contributed by atoms with Crippen LogP contribution in [0.15, 0.2) is 22.7 Å². The fraction of sp³-hybridized carbons (Fsp3) is 0.556. The van der Waals surface area contributed by atoms with E-state index in [1.165, 1.54) is 50.7 Å². The van der Waals surface area contributed by atoms with Gasteiger partial charge in [0.05, 0.1) is 5.69 Å². The third-order valence-electron chi connectivity index (χ3n) is 6.34. The Bertz CT molecular complexity index is 836. The van der Waals surface area contributed by atoms with Gasteiger partial charge in [0.2, 0.25) is 0 Å². The summed E-state index contributed by atoms with van der Waals surface area (Å²) in [4.78, 5) is 0. The van der Waals surface area contributed by atoms with Crippen molar-refractivity contribution in [3.63, 3.8) is 0 Å². The quantitative estimate of drug-likeness (QED) is 0.685. The molecule has 6 rings (SSSR count). The lowest BCUT2D eigenvalue weighted by Gasteiger charge is -2.56. The van der Waals surface area contributed by atoms with Gasteiger partial charge in [-0.1, -0.05) is 0 Å². The number of rotatable bonds is 2. The maximum atomic E-state index is 13.5. The summed E-state index contributed by atoms with van der Waals surface area (Å²) in [5.41, 5.74) is 1.01. The van der Waals surface area contributed by atoms with Crippen LogP contribution in [0.2, 0.25) is 0 Å². The molecule has 0 atom stereocenters. The van der Waals surface area contributed by atoms with Gasteiger partial charge < -0.3 is 0 Å². The van der Waals surface area contributed by atoms with E-state index in [0.29, 0.717) is 9.24 Å². The van der Waals surface area contributed by atoms with Crippen LogP contribution < -0.4 is 0 Å². The molecule has 4 bridgehead atoms. The molecule has 0 saturated heterocycles. The minimum atomic E-state index is -0.253. The fourth-order valence-electron chi connectivity index (χ4n) is 5.92. The smallest absolute Gasteiger partial charge is 0.199 e. The van der Waals surface area contributed by atoms with Crippen molar-refractivity contribution in [2.45, 2.75) is 43.9 Å². The first-order chi connectivity index (χ1) is 11.5. The summed E-state index contributed by atoms with van der Waals surface area (Å²) in [6.45, 7) is 0. The van der Waals surface area contributed by atoms with E-state index in [2.05, 4.69) is 26.1 Å². The Morgan fingerprint density at radius 1 is 1.17 bits per heavy atom. The summed E-state index contributed by atoms with van der Waals surface area (Å²) < 4.78 is 16.9. The predicted molar refractivity (Wildman–Crippen MR) is 96.3 cm³/mol. The van der Waals surface area contributed by atoms with E-state index in [4.69, 9.17) is 12.2 Å². The SMILES string of the molecule is Fc1ccc(-n2c(C34CC5CC(CC(C5)C3)C4)n[nH]c2=S)c(Br)c1. The second kappa shape index (κ2) is 5.24. The molecule has 0 spiro atoms. The van der Waals surface area contributed by atoms with Crippen molar-refractivity contribution >= 4 is 28.1 Å². The predicted octanol–water partition coefficient (Wildman–Crippen LogP) is 5.30. The molecular weight excluding hydrogens is 389 g/mol. The van der Waals surface area contributed by atoms with Gasteiger partial charge in [-0.05, 0) is 103 Å². The third-order valence-corrected chi connectivity index (χ3v) is 7.24. The van der Waals surface area contributed by atoms with Crippen molar-refractivity contribution < 1.29 is 4.39 Å². The van der Waals surface area contributed by atoms with Gasteiger partial charge >= 0.3 is 0 Å². The average molecular weight is 408 g/mol. The van der Waals surface area contributed by atoms with Gasteiger partial charge in [-0.3, -0.25) is 9.67 Å². The number of aromatic amines is 1. The van der Waals surface area contributed by atoms with E-state index in [1.54, 1.807) is 6.07 Å². The summed E-state index contributed by atoms with van der Waals surface area (Å²) in [7, 11) is 0. The van der Waals surface area contributed by atoms with Crippen LogP contribution in [0.25, 0.3) is 5.69 Å². The Morgan fingerprint density at radius 3 is 2.38 bits per heavy atom. The molecule has 0 unspecified atom stereocenters. The second-order valence-corrected chi connectivity index (χ2v) is 9.22. The largest absolute Gasteiger partial charge is 0.271 e. The minimum absolute atomic E-state index is 0.135. The van der Waals surface area contributed by atoms with Crippen molar-refractivity contribution in [1.82, 2.24) is 14.8 Å². The molecule has 0 amide bonds. The van der Waals surface area contributed by atoms with Crippen LogP contribution in [0.3, 0.4) is 0 Å². The summed E-state index contributed by atoms with van der Waals surface area (Å²) >= 11 is 9.03. The van der Waals surface area contributed by atoms with Gasteiger partial charge in [0, 0.05) is 9.89 Å². The van der Waals surface area contributed by atoms with Gasteiger partial charge in [0.15, 0.2) is 4.77 Å². The molecule has 1 N–H and O–H groups in total. The number of hydrogen-bond acceptors (Lipinski definition) is 2. The van der Waals surface area contributed by atoms with Crippen LogP contribution in [-0.2, 0) is 5.41 Å². The van der Waals surface area contributed by atoms with Gasteiger partial charge in [0.1, 0.15) is 11.6 Å². The Hall–Kier alpha value is -1.01. The van der Waals surface area contributed by atoms with Gasteiger partial charge in [-0.15, -0.1) is 0 Å². The fourth-order valence-corrected chi connectivity index (χ4v) is 6.68. The van der Waals surface area contributed by atoms with Crippen molar-refractivity contribution in [1.29, 1.82) is 0 Å². The highest BCUT2D eigenvalue weighted by Gasteiger charge is 2.53. The molecule has 4 aliphatic carbocycles. The highest BCUT2D eigenvalue weighted by Crippen LogP contribution is 2.60. The maximum Gasteiger partial charge on any atom is 0.199 e. The summed E-state index contributed by atoms with van der Waals surface area (Å²) in [6, 6.07) is 4.76. The highest BCUT2D eigenvalue weighted by atomic mass is 79.9. The number of hydrogen-bond donors (Lipinski definition) is 1. The molecule has 4 aliphatic rings. The van der Waals surface area contributed by atoms with Gasteiger partial charge in [-0.25, -0.2) is 4.39 Å². The molecule has 2 aromatic rings. The van der Waals surface area contributed by atoms with E-state index in [1.807, 2.05) is 4.57 Å². The Labute approximate surface area is 153 Å². The summed E-state index contributed by atoms with van der Waals surface area (Å²) in [6.07, 6.45) is 7.84. The topological polar surface area (TPSA) is 33.6 Å². The number of nitrogens with one attached hydrogen (secondary N) is 1. The summed E-state index contributed by atoms with van der Waals surface area (Å²) in [5.74, 6) is 3.32. The minimum Gasteiger partial charge on any atom is -0.271 e. The van der Waals surface area contributed by atoms with Crippen LogP contribution in [0.5, 0.6) is 0 Å². The first-order valence-electron chi connectivity index (χ1n) is 8.67. The first-order valence-corrected chi connectivity index (χ1v) is 9.87. The lowest BCUT2D eigenvalue weighted by molar-refractivity contribution is -0.0102. The molecular formula is C18H19BrFN3S. The van der Waals surface area contributed by atoms with E-state index in [-0.39, 0.29) is 11.2 Å². The zero-order valence-electron chi connectivity index (χ0n) is 13.3. The second-order valence-electron chi connectivity index (χ2n) is 7.98. The molecule has 3 nitrogen and oxygen atoms in total. The van der Waals surface area contributed by atoms with E-state index < -0.39 is 0 Å². The van der Waals surface area contributed by atoms with Crippen molar-refractivity contribution in [3.05, 3.63) is 39.1 Å². The molecule has 1 aromatic heterocycles. The van der Waals surface area contributed by atoms with Gasteiger partial charge in [-0.2, -0.15) is 5.10 Å². The van der Waals surface area contributed by atoms with Crippen LogP contribution in [0, 0.1) is 28.3 Å². The van der Waals surface area contributed by atoms with Crippen molar-refractivity contribution in [2.24, 2.45) is 17.8 Å². The lowest BCUT2D eigenvalue weighted by atomic mass is 9.49. The van der Waals surface area contributed by atoms with Gasteiger partial charge in [0.25, 0.3) is 0 Å². The van der Waals surface area contributed by atoms with Crippen LogP contribution in [0.4, 0.5) is 4.39 Å². The van der Waals surface area contributed by atoms with E-state index in [0.717, 1.165) is 29.3 Å². The lowest BCUT2D eigenvalue weighted by Crippen LogP contribution is -2.49. The first kappa shape index (κ1) is 15.3. The molecule has 1 aromatic carbocycles. The molecule has 0 radical (unpaired) electrons. The number of benzene rings is 1. The summed E-state index contributed by atoms with van der Waals surface area (Å²) in [5, 5.41) is 7.68. The van der Waals surface area contributed by atoms with Crippen molar-refractivity contribution in [2.75, 3.05) is 0 Å². The molecule has 4 fully saturated rings. The molecule has 24 heavy (non-hydrogen) atoms. The van der Waals surface area contributed by atoms with E-state index in [9.17, 15) is 4.39 Å². The molecule has 1 heterocycles. The Balaban J connectivity index is 1.67. The normalized spacial score (nSPS) is 34.0. The Kier molecular flexibility index (Phi) is 3.33.